The van der Waals surface area contributed by atoms with Crippen molar-refractivity contribution in [3.8, 4) is 0 Å². The van der Waals surface area contributed by atoms with Crippen LogP contribution in [-0.2, 0) is 0 Å². The van der Waals surface area contributed by atoms with Gasteiger partial charge in [0.15, 0.2) is 8.29 Å². The Morgan fingerprint density at radius 2 is 2.45 bits per heavy atom. The third-order valence-electron chi connectivity index (χ3n) is 0.762. The average molecular weight is 230 g/mol. The summed E-state index contributed by atoms with van der Waals surface area (Å²) in [5.74, 6) is 0.899. The van der Waals surface area contributed by atoms with Gasteiger partial charge in [-0.15, -0.1) is 12.4 Å². The predicted molar refractivity (Wildman–Crippen MR) is 54.3 cm³/mol. The highest BCUT2D eigenvalue weighted by Gasteiger charge is 1.95. The van der Waals surface area contributed by atoms with Gasteiger partial charge in [-0.1, -0.05) is 23.1 Å². The molecule has 1 aromatic rings. The summed E-state index contributed by atoms with van der Waals surface area (Å²) in [5, 5.41) is 6.65. The maximum absolute atomic E-state index is 5.30. The van der Waals surface area contributed by atoms with E-state index in [1.54, 1.807) is 11.8 Å². The van der Waals surface area contributed by atoms with Crippen molar-refractivity contribution in [3.63, 3.8) is 0 Å². The van der Waals surface area contributed by atoms with E-state index < -0.39 is 0 Å². The lowest BCUT2D eigenvalue weighted by Gasteiger charge is -1.88. The predicted octanol–water partition coefficient (Wildman–Crippen LogP) is 1.67. The van der Waals surface area contributed by atoms with Gasteiger partial charge in [0.05, 0.1) is 0 Å². The summed E-state index contributed by atoms with van der Waals surface area (Å²) in [6.45, 7) is 0.678. The standard InChI is InChI=1S/C4H7N3S3.ClH/c5-1-2-9-4-7-6-3(8)10-4;/h1-2,5H2,(H,6,8);1H. The van der Waals surface area contributed by atoms with Crippen molar-refractivity contribution in [1.82, 2.24) is 10.2 Å². The fourth-order valence-electron chi connectivity index (χ4n) is 0.424. The number of hydrogen-bond donors (Lipinski definition) is 2. The van der Waals surface area contributed by atoms with Crippen LogP contribution in [0.4, 0.5) is 0 Å². The lowest BCUT2D eigenvalue weighted by Crippen LogP contribution is -2.00. The lowest BCUT2D eigenvalue weighted by molar-refractivity contribution is 1.00. The summed E-state index contributed by atoms with van der Waals surface area (Å²) in [4.78, 5) is 0. The summed E-state index contributed by atoms with van der Waals surface area (Å²) >= 11 is 7.95. The number of aromatic nitrogens is 2. The molecule has 0 spiro atoms. The number of halogens is 1. The minimum Gasteiger partial charge on any atom is -0.330 e. The Kier molecular flexibility index (Phi) is 6.16. The van der Waals surface area contributed by atoms with Gasteiger partial charge in [-0.25, -0.2) is 0 Å². The first kappa shape index (κ1) is 11.4. The normalized spacial score (nSPS) is 9.18. The van der Waals surface area contributed by atoms with Crippen LogP contribution < -0.4 is 5.73 Å². The van der Waals surface area contributed by atoms with Crippen LogP contribution in [0.25, 0.3) is 0 Å². The number of nitrogens with one attached hydrogen (secondary N) is 1. The third-order valence-corrected chi connectivity index (χ3v) is 3.03. The second kappa shape index (κ2) is 5.96. The Bertz CT molecular complexity index is 245. The molecule has 0 fully saturated rings. The molecule has 0 aliphatic heterocycles. The van der Waals surface area contributed by atoms with Gasteiger partial charge in [-0.05, 0) is 12.2 Å². The molecular weight excluding hydrogens is 222 g/mol. The second-order valence-electron chi connectivity index (χ2n) is 1.52. The average Bonchev–Trinajstić information content (AvgIpc) is 2.31. The molecule has 0 saturated carbocycles. The van der Waals surface area contributed by atoms with Crippen molar-refractivity contribution in [2.75, 3.05) is 12.3 Å². The first-order valence-electron chi connectivity index (χ1n) is 2.71. The minimum absolute atomic E-state index is 0. The number of nitrogens with two attached hydrogens (primary N) is 1. The highest BCUT2D eigenvalue weighted by Crippen LogP contribution is 2.18. The lowest BCUT2D eigenvalue weighted by atomic mass is 10.8. The molecule has 0 radical (unpaired) electrons. The molecule has 0 bridgehead atoms. The monoisotopic (exact) mass is 229 g/mol. The van der Waals surface area contributed by atoms with E-state index >= 15 is 0 Å². The van der Waals surface area contributed by atoms with Crippen LogP contribution >= 0.6 is 47.7 Å². The van der Waals surface area contributed by atoms with Gasteiger partial charge in [-0.3, -0.25) is 5.10 Å². The largest absolute Gasteiger partial charge is 0.330 e. The number of aromatic amines is 1. The highest BCUT2D eigenvalue weighted by atomic mass is 35.5. The molecule has 3 N–H and O–H groups in total. The number of hydrogen-bond acceptors (Lipinski definition) is 5. The van der Waals surface area contributed by atoms with E-state index in [2.05, 4.69) is 10.2 Å². The zero-order chi connectivity index (χ0) is 7.40. The molecule has 0 amide bonds. The highest BCUT2D eigenvalue weighted by molar-refractivity contribution is 8.01. The number of thioether (sulfide) groups is 1. The van der Waals surface area contributed by atoms with Crippen LogP contribution in [0.3, 0.4) is 0 Å². The molecule has 0 unspecified atom stereocenters. The Labute approximate surface area is 84.2 Å². The van der Waals surface area contributed by atoms with Crippen molar-refractivity contribution in [2.24, 2.45) is 5.73 Å². The van der Waals surface area contributed by atoms with Crippen molar-refractivity contribution >= 4 is 47.7 Å². The van der Waals surface area contributed by atoms with Gasteiger partial charge in [0.2, 0.25) is 0 Å². The van der Waals surface area contributed by atoms with Crippen molar-refractivity contribution < 1.29 is 0 Å². The van der Waals surface area contributed by atoms with E-state index in [9.17, 15) is 0 Å². The van der Waals surface area contributed by atoms with Crippen LogP contribution in [-0.4, -0.2) is 22.5 Å². The summed E-state index contributed by atoms with van der Waals surface area (Å²) < 4.78 is 1.69. The van der Waals surface area contributed by atoms with E-state index in [0.29, 0.717) is 6.54 Å². The Hall–Kier alpha value is 0.380. The van der Waals surface area contributed by atoms with Crippen LogP contribution in [0.1, 0.15) is 0 Å². The molecule has 0 aliphatic rings. The quantitative estimate of drug-likeness (QED) is 0.612. The van der Waals surface area contributed by atoms with Crippen molar-refractivity contribution in [1.29, 1.82) is 0 Å². The summed E-state index contributed by atoms with van der Waals surface area (Å²) in [5.41, 5.74) is 5.30. The molecule has 1 rings (SSSR count). The van der Waals surface area contributed by atoms with E-state index in [1.807, 2.05) is 0 Å². The zero-order valence-electron chi connectivity index (χ0n) is 5.57. The topological polar surface area (TPSA) is 54.7 Å². The molecular formula is C4H8ClN3S3. The zero-order valence-corrected chi connectivity index (χ0v) is 8.84. The van der Waals surface area contributed by atoms with E-state index in [-0.39, 0.29) is 12.4 Å². The molecule has 0 saturated heterocycles. The summed E-state index contributed by atoms with van der Waals surface area (Å²) in [6.07, 6.45) is 0. The number of rotatable bonds is 3. The smallest absolute Gasteiger partial charge is 0.177 e. The van der Waals surface area contributed by atoms with Crippen LogP contribution in [0.2, 0.25) is 0 Å². The third kappa shape index (κ3) is 4.07. The molecule has 1 heterocycles. The Morgan fingerprint density at radius 3 is 2.91 bits per heavy atom. The SMILES string of the molecule is Cl.NCCSc1n[nH]c(=S)s1. The fraction of sp³-hybridized carbons (Fsp3) is 0.500. The molecule has 3 nitrogen and oxygen atoms in total. The van der Waals surface area contributed by atoms with Crippen molar-refractivity contribution in [3.05, 3.63) is 3.95 Å². The fourth-order valence-corrected chi connectivity index (χ4v) is 2.34. The molecule has 11 heavy (non-hydrogen) atoms. The van der Waals surface area contributed by atoms with Gasteiger partial charge in [-0.2, -0.15) is 5.10 Å². The number of nitrogens with zero attached hydrogens (tertiary/aromatic N) is 1. The van der Waals surface area contributed by atoms with Gasteiger partial charge in [0.1, 0.15) is 0 Å². The van der Waals surface area contributed by atoms with Gasteiger partial charge in [0.25, 0.3) is 0 Å². The van der Waals surface area contributed by atoms with E-state index in [1.165, 1.54) is 11.3 Å². The van der Waals surface area contributed by atoms with Crippen LogP contribution in [0.5, 0.6) is 0 Å². The van der Waals surface area contributed by atoms with E-state index in [4.69, 9.17) is 18.0 Å². The second-order valence-corrected chi connectivity index (χ2v) is 4.52. The van der Waals surface area contributed by atoms with Crippen LogP contribution in [0, 0.1) is 3.95 Å². The Morgan fingerprint density at radius 1 is 1.73 bits per heavy atom. The first-order chi connectivity index (χ1) is 4.83. The van der Waals surface area contributed by atoms with Gasteiger partial charge in [0, 0.05) is 12.3 Å². The summed E-state index contributed by atoms with van der Waals surface area (Å²) in [6, 6.07) is 0. The molecule has 7 heteroatoms. The summed E-state index contributed by atoms with van der Waals surface area (Å²) in [7, 11) is 0. The maximum atomic E-state index is 5.30. The first-order valence-corrected chi connectivity index (χ1v) is 4.92. The van der Waals surface area contributed by atoms with E-state index in [0.717, 1.165) is 14.0 Å². The van der Waals surface area contributed by atoms with Gasteiger partial charge < -0.3 is 5.73 Å². The molecule has 0 atom stereocenters. The molecule has 0 aliphatic carbocycles. The van der Waals surface area contributed by atoms with Crippen LogP contribution in [0.15, 0.2) is 4.34 Å². The molecule has 64 valence electrons. The number of H-pyrrole nitrogens is 1. The molecule has 0 aromatic carbocycles. The Balaban J connectivity index is 0.000001000. The van der Waals surface area contributed by atoms with Crippen molar-refractivity contribution in [2.45, 2.75) is 4.34 Å². The molecule has 1 aromatic heterocycles. The maximum Gasteiger partial charge on any atom is 0.177 e. The minimum atomic E-state index is 0. The van der Waals surface area contributed by atoms with Gasteiger partial charge >= 0.3 is 0 Å².